The fourth-order valence-electron chi connectivity index (χ4n) is 2.14. The van der Waals surface area contributed by atoms with Gasteiger partial charge in [0.05, 0.1) is 17.6 Å². The third-order valence-corrected chi connectivity index (χ3v) is 3.20. The minimum Gasteiger partial charge on any atom is -0.394 e. The summed E-state index contributed by atoms with van der Waals surface area (Å²) < 4.78 is 1.75. The lowest BCUT2D eigenvalue weighted by Crippen LogP contribution is -2.35. The van der Waals surface area contributed by atoms with Gasteiger partial charge in [-0.1, -0.05) is 12.1 Å². The molecule has 3 rings (SSSR count). The highest BCUT2D eigenvalue weighted by Crippen LogP contribution is 2.19. The summed E-state index contributed by atoms with van der Waals surface area (Å²) in [4.78, 5) is 20.6. The van der Waals surface area contributed by atoms with Gasteiger partial charge in [-0.25, -0.2) is 9.97 Å². The SMILES string of the molecule is CC(CO)NC(=O)c1cn2c(nc3ccccc32)c(N)n1. The second-order valence-corrected chi connectivity index (χ2v) is 4.86. The third-order valence-electron chi connectivity index (χ3n) is 3.20. The van der Waals surface area contributed by atoms with E-state index in [4.69, 9.17) is 10.8 Å². The van der Waals surface area contributed by atoms with E-state index in [1.54, 1.807) is 17.5 Å². The number of amides is 1. The van der Waals surface area contributed by atoms with Crippen LogP contribution in [0.2, 0.25) is 0 Å². The molecule has 0 radical (unpaired) electrons. The van der Waals surface area contributed by atoms with E-state index in [0.29, 0.717) is 5.65 Å². The van der Waals surface area contributed by atoms with Crippen molar-refractivity contribution in [3.8, 4) is 0 Å². The molecule has 108 valence electrons. The molecule has 3 aromatic rings. The van der Waals surface area contributed by atoms with Crippen molar-refractivity contribution in [3.63, 3.8) is 0 Å². The molecule has 0 saturated carbocycles. The van der Waals surface area contributed by atoms with Crippen LogP contribution in [0.4, 0.5) is 5.82 Å². The topological polar surface area (TPSA) is 106 Å². The van der Waals surface area contributed by atoms with E-state index < -0.39 is 0 Å². The summed E-state index contributed by atoms with van der Waals surface area (Å²) in [6.07, 6.45) is 1.60. The number of nitrogens with one attached hydrogen (secondary N) is 1. The van der Waals surface area contributed by atoms with Crippen molar-refractivity contribution in [2.75, 3.05) is 12.3 Å². The Hall–Kier alpha value is -2.67. The molecule has 0 aliphatic rings. The van der Waals surface area contributed by atoms with E-state index in [-0.39, 0.29) is 30.1 Å². The Morgan fingerprint density at radius 1 is 1.43 bits per heavy atom. The molecule has 1 aromatic carbocycles. The van der Waals surface area contributed by atoms with E-state index in [2.05, 4.69) is 15.3 Å². The number of nitrogen functional groups attached to an aromatic ring is 1. The molecule has 2 aromatic heterocycles. The number of rotatable bonds is 3. The number of hydrogen-bond acceptors (Lipinski definition) is 5. The smallest absolute Gasteiger partial charge is 0.271 e. The summed E-state index contributed by atoms with van der Waals surface area (Å²) in [6.45, 7) is 1.56. The highest BCUT2D eigenvalue weighted by molar-refractivity contribution is 5.94. The monoisotopic (exact) mass is 285 g/mol. The van der Waals surface area contributed by atoms with Crippen molar-refractivity contribution in [2.45, 2.75) is 13.0 Å². The number of imidazole rings is 1. The van der Waals surface area contributed by atoms with Crippen molar-refractivity contribution < 1.29 is 9.90 Å². The van der Waals surface area contributed by atoms with Crippen LogP contribution < -0.4 is 11.1 Å². The Morgan fingerprint density at radius 3 is 2.95 bits per heavy atom. The van der Waals surface area contributed by atoms with E-state index >= 15 is 0 Å². The summed E-state index contributed by atoms with van der Waals surface area (Å²) in [5.74, 6) is -0.196. The summed E-state index contributed by atoms with van der Waals surface area (Å²) >= 11 is 0. The van der Waals surface area contributed by atoms with Gasteiger partial charge in [-0.15, -0.1) is 0 Å². The zero-order valence-electron chi connectivity index (χ0n) is 11.4. The number of carbonyl (C=O) groups excluding carboxylic acids is 1. The average molecular weight is 285 g/mol. The van der Waals surface area contributed by atoms with Gasteiger partial charge >= 0.3 is 0 Å². The number of carbonyl (C=O) groups is 1. The van der Waals surface area contributed by atoms with Crippen LogP contribution in [-0.4, -0.2) is 38.0 Å². The molecule has 21 heavy (non-hydrogen) atoms. The summed E-state index contributed by atoms with van der Waals surface area (Å²) in [5, 5.41) is 11.6. The lowest BCUT2D eigenvalue weighted by Gasteiger charge is -2.10. The van der Waals surface area contributed by atoms with Crippen molar-refractivity contribution in [3.05, 3.63) is 36.2 Å². The lowest BCUT2D eigenvalue weighted by molar-refractivity contribution is 0.0917. The number of fused-ring (bicyclic) bond motifs is 3. The lowest BCUT2D eigenvalue weighted by atomic mass is 10.3. The van der Waals surface area contributed by atoms with Crippen LogP contribution in [0.15, 0.2) is 30.5 Å². The third kappa shape index (κ3) is 2.27. The minimum absolute atomic E-state index is 0.141. The van der Waals surface area contributed by atoms with Gasteiger partial charge in [0.25, 0.3) is 5.91 Å². The maximum Gasteiger partial charge on any atom is 0.271 e. The van der Waals surface area contributed by atoms with E-state index in [1.807, 2.05) is 24.3 Å². The number of nitrogens with zero attached hydrogens (tertiary/aromatic N) is 3. The van der Waals surface area contributed by atoms with Crippen molar-refractivity contribution in [2.24, 2.45) is 0 Å². The molecule has 0 fully saturated rings. The van der Waals surface area contributed by atoms with Crippen LogP contribution in [0, 0.1) is 0 Å². The number of nitrogens with two attached hydrogens (primary N) is 1. The highest BCUT2D eigenvalue weighted by atomic mass is 16.3. The first-order valence-corrected chi connectivity index (χ1v) is 6.55. The predicted octanol–water partition coefficient (Wildman–Crippen LogP) is 0.575. The van der Waals surface area contributed by atoms with Crippen LogP contribution in [0.25, 0.3) is 16.7 Å². The Bertz CT molecular complexity index is 827. The number of benzene rings is 1. The van der Waals surface area contributed by atoms with Crippen LogP contribution in [-0.2, 0) is 0 Å². The molecular formula is C14H15N5O2. The molecule has 2 heterocycles. The molecule has 0 aliphatic carbocycles. The molecule has 7 heteroatoms. The first-order chi connectivity index (χ1) is 10.1. The van der Waals surface area contributed by atoms with Gasteiger partial charge in [0.2, 0.25) is 0 Å². The number of aliphatic hydroxyl groups excluding tert-OH is 1. The van der Waals surface area contributed by atoms with Crippen LogP contribution in [0.5, 0.6) is 0 Å². The van der Waals surface area contributed by atoms with Crippen LogP contribution in [0.1, 0.15) is 17.4 Å². The summed E-state index contributed by atoms with van der Waals surface area (Å²) in [7, 11) is 0. The quantitative estimate of drug-likeness (QED) is 0.652. The molecular weight excluding hydrogens is 270 g/mol. The molecule has 0 aliphatic heterocycles. The van der Waals surface area contributed by atoms with Crippen LogP contribution >= 0.6 is 0 Å². The van der Waals surface area contributed by atoms with Crippen molar-refractivity contribution in [1.29, 1.82) is 0 Å². The fourth-order valence-corrected chi connectivity index (χ4v) is 2.14. The molecule has 0 saturated heterocycles. The molecule has 0 bridgehead atoms. The first kappa shape index (κ1) is 13.3. The average Bonchev–Trinajstić information content (AvgIpc) is 2.86. The van der Waals surface area contributed by atoms with Gasteiger partial charge in [-0.3, -0.25) is 9.20 Å². The molecule has 4 N–H and O–H groups in total. The number of hydrogen-bond donors (Lipinski definition) is 3. The van der Waals surface area contributed by atoms with Gasteiger partial charge in [0.1, 0.15) is 5.69 Å². The Labute approximate surface area is 120 Å². The Kier molecular flexibility index (Phi) is 3.19. The Morgan fingerprint density at radius 2 is 2.19 bits per heavy atom. The van der Waals surface area contributed by atoms with Gasteiger partial charge in [-0.2, -0.15) is 0 Å². The van der Waals surface area contributed by atoms with E-state index in [1.165, 1.54) is 0 Å². The van der Waals surface area contributed by atoms with Gasteiger partial charge in [-0.05, 0) is 19.1 Å². The molecule has 1 atom stereocenters. The van der Waals surface area contributed by atoms with Gasteiger partial charge in [0.15, 0.2) is 11.5 Å². The molecule has 7 nitrogen and oxygen atoms in total. The molecule has 1 amide bonds. The second-order valence-electron chi connectivity index (χ2n) is 4.86. The zero-order chi connectivity index (χ0) is 15.0. The Balaban J connectivity index is 2.13. The van der Waals surface area contributed by atoms with Crippen LogP contribution in [0.3, 0.4) is 0 Å². The largest absolute Gasteiger partial charge is 0.394 e. The van der Waals surface area contributed by atoms with E-state index in [9.17, 15) is 4.79 Å². The molecule has 1 unspecified atom stereocenters. The van der Waals surface area contributed by atoms with Gasteiger partial charge < -0.3 is 16.2 Å². The summed E-state index contributed by atoms with van der Waals surface area (Å²) in [5.41, 5.74) is 8.24. The maximum atomic E-state index is 12.1. The van der Waals surface area contributed by atoms with Gasteiger partial charge in [0, 0.05) is 12.2 Å². The first-order valence-electron chi connectivity index (χ1n) is 6.55. The highest BCUT2D eigenvalue weighted by Gasteiger charge is 2.15. The maximum absolute atomic E-state index is 12.1. The normalized spacial score (nSPS) is 12.7. The number of anilines is 1. The summed E-state index contributed by atoms with van der Waals surface area (Å²) in [6, 6.07) is 7.19. The number of para-hydroxylation sites is 2. The second kappa shape index (κ2) is 5.02. The van der Waals surface area contributed by atoms with Crippen molar-refractivity contribution in [1.82, 2.24) is 19.7 Å². The standard InChI is InChI=1S/C14H15N5O2/c1-8(7-20)16-14(21)10-6-19-11-5-3-2-4-9(11)18-13(19)12(15)17-10/h2-6,8,20H,7H2,1H3,(H2,15,17)(H,16,21). The number of aromatic nitrogens is 3. The van der Waals surface area contributed by atoms with Crippen molar-refractivity contribution >= 4 is 28.4 Å². The minimum atomic E-state index is -0.386. The molecule has 0 spiro atoms. The zero-order valence-corrected chi connectivity index (χ0v) is 11.4. The fraction of sp³-hybridized carbons (Fsp3) is 0.214. The van der Waals surface area contributed by atoms with E-state index in [0.717, 1.165) is 11.0 Å². The number of aliphatic hydroxyl groups is 1. The predicted molar refractivity (Wildman–Crippen MR) is 78.9 cm³/mol.